The molecule has 0 fully saturated rings. The van der Waals surface area contributed by atoms with Crippen LogP contribution in [0.15, 0.2) is 42.5 Å². The van der Waals surface area contributed by atoms with Crippen LogP contribution in [0.2, 0.25) is 0 Å². The van der Waals surface area contributed by atoms with Crippen molar-refractivity contribution >= 4 is 33.7 Å². The number of hydrogen-bond acceptors (Lipinski definition) is 2. The van der Waals surface area contributed by atoms with Gasteiger partial charge in [-0.3, -0.25) is 9.59 Å². The number of benzene rings is 2. The molecular weight excluding hydrogens is 340 g/mol. The second-order valence-electron chi connectivity index (χ2n) is 4.32. The number of halogens is 5. The molecule has 0 atom stereocenters. The van der Waals surface area contributed by atoms with Crippen LogP contribution in [0.1, 0.15) is 26.3 Å². The van der Waals surface area contributed by atoms with Crippen molar-refractivity contribution in [2.75, 3.05) is 0 Å². The van der Waals surface area contributed by atoms with Crippen molar-refractivity contribution in [3.05, 3.63) is 59.2 Å². The van der Waals surface area contributed by atoms with Crippen LogP contribution in [0.25, 0.3) is 11.1 Å². The topological polar surface area (TPSA) is 34.1 Å². The summed E-state index contributed by atoms with van der Waals surface area (Å²) in [6, 6.07) is 9.93. The van der Waals surface area contributed by atoms with E-state index in [1.54, 1.807) is 30.3 Å². The average molecular weight is 347 g/mol. The standard InChI is InChI=1S/C15H7Cl2F3O2/c16-13(21)11-9(8-4-2-1-3-5-8)6-7-10(15(18,19)20)12(11)14(17)22/h1-7H. The molecule has 114 valence electrons. The van der Waals surface area contributed by atoms with Gasteiger partial charge in [0.15, 0.2) is 0 Å². The molecule has 2 aromatic carbocycles. The van der Waals surface area contributed by atoms with E-state index in [0.29, 0.717) is 11.6 Å². The van der Waals surface area contributed by atoms with E-state index < -0.39 is 33.4 Å². The van der Waals surface area contributed by atoms with Gasteiger partial charge in [-0.15, -0.1) is 0 Å². The molecule has 0 bridgehead atoms. The molecule has 0 unspecified atom stereocenters. The van der Waals surface area contributed by atoms with E-state index in [-0.39, 0.29) is 5.56 Å². The van der Waals surface area contributed by atoms with E-state index in [9.17, 15) is 22.8 Å². The minimum atomic E-state index is -4.84. The van der Waals surface area contributed by atoms with Crippen molar-refractivity contribution in [3.8, 4) is 11.1 Å². The predicted molar refractivity (Wildman–Crippen MR) is 77.2 cm³/mol. The van der Waals surface area contributed by atoms with Crippen molar-refractivity contribution in [2.45, 2.75) is 6.18 Å². The summed E-state index contributed by atoms with van der Waals surface area (Å²) in [7, 11) is 0. The maximum Gasteiger partial charge on any atom is 0.417 e. The summed E-state index contributed by atoms with van der Waals surface area (Å²) in [4.78, 5) is 23.1. The maximum atomic E-state index is 13.0. The number of carbonyl (C=O) groups excluding carboxylic acids is 2. The van der Waals surface area contributed by atoms with Crippen LogP contribution in [0.4, 0.5) is 13.2 Å². The lowest BCUT2D eigenvalue weighted by Gasteiger charge is -2.16. The molecule has 0 aliphatic rings. The Hall–Kier alpha value is -1.85. The monoisotopic (exact) mass is 346 g/mol. The number of rotatable bonds is 3. The quantitative estimate of drug-likeness (QED) is 0.722. The van der Waals surface area contributed by atoms with Gasteiger partial charge in [-0.2, -0.15) is 13.2 Å². The van der Waals surface area contributed by atoms with Gasteiger partial charge in [0.05, 0.1) is 16.7 Å². The van der Waals surface area contributed by atoms with Crippen LogP contribution < -0.4 is 0 Å². The van der Waals surface area contributed by atoms with Gasteiger partial charge in [0.25, 0.3) is 10.5 Å². The van der Waals surface area contributed by atoms with E-state index in [0.717, 1.165) is 6.07 Å². The van der Waals surface area contributed by atoms with Crippen molar-refractivity contribution in [1.29, 1.82) is 0 Å². The van der Waals surface area contributed by atoms with Crippen LogP contribution >= 0.6 is 23.2 Å². The van der Waals surface area contributed by atoms with Gasteiger partial charge in [-0.1, -0.05) is 36.4 Å². The summed E-state index contributed by atoms with van der Waals surface area (Å²) in [5.74, 6) is 0. The summed E-state index contributed by atoms with van der Waals surface area (Å²) in [6.07, 6.45) is -4.84. The van der Waals surface area contributed by atoms with Crippen LogP contribution in [-0.2, 0) is 6.18 Å². The first-order valence-corrected chi connectivity index (χ1v) is 6.68. The Labute approximate surface area is 133 Å². The molecule has 0 radical (unpaired) electrons. The van der Waals surface area contributed by atoms with Gasteiger partial charge < -0.3 is 0 Å². The van der Waals surface area contributed by atoms with Gasteiger partial charge >= 0.3 is 6.18 Å². The average Bonchev–Trinajstić information content (AvgIpc) is 2.45. The molecule has 0 aliphatic carbocycles. The minimum absolute atomic E-state index is 0.109. The van der Waals surface area contributed by atoms with Crippen molar-refractivity contribution < 1.29 is 22.8 Å². The third-order valence-electron chi connectivity index (χ3n) is 2.99. The number of alkyl halides is 3. The lowest BCUT2D eigenvalue weighted by molar-refractivity contribution is -0.137. The van der Waals surface area contributed by atoms with Crippen molar-refractivity contribution in [2.24, 2.45) is 0 Å². The van der Waals surface area contributed by atoms with Gasteiger partial charge in [-0.05, 0) is 40.4 Å². The second-order valence-corrected chi connectivity index (χ2v) is 5.01. The summed E-state index contributed by atoms with van der Waals surface area (Å²) >= 11 is 10.7. The highest BCUT2D eigenvalue weighted by Crippen LogP contribution is 2.38. The first-order chi connectivity index (χ1) is 10.2. The van der Waals surface area contributed by atoms with E-state index in [4.69, 9.17) is 23.2 Å². The van der Waals surface area contributed by atoms with E-state index in [1.165, 1.54) is 0 Å². The number of carbonyl (C=O) groups is 2. The first-order valence-electron chi connectivity index (χ1n) is 5.92. The molecule has 0 amide bonds. The van der Waals surface area contributed by atoms with Gasteiger partial charge in [0.1, 0.15) is 0 Å². The molecule has 0 N–H and O–H groups in total. The third-order valence-corrected chi connectivity index (χ3v) is 3.37. The van der Waals surface area contributed by atoms with E-state index in [1.807, 2.05) is 0 Å². The van der Waals surface area contributed by atoms with Crippen LogP contribution in [0.5, 0.6) is 0 Å². The zero-order valence-electron chi connectivity index (χ0n) is 10.7. The van der Waals surface area contributed by atoms with Gasteiger partial charge in [0.2, 0.25) is 0 Å². The Kier molecular flexibility index (Phi) is 4.58. The summed E-state index contributed by atoms with van der Waals surface area (Å²) in [5.41, 5.74) is -2.23. The Morgan fingerprint density at radius 1 is 0.818 bits per heavy atom. The fourth-order valence-electron chi connectivity index (χ4n) is 2.11. The van der Waals surface area contributed by atoms with Gasteiger partial charge in [0, 0.05) is 0 Å². The highest BCUT2D eigenvalue weighted by molar-refractivity contribution is 6.72. The second kappa shape index (κ2) is 6.10. The normalized spacial score (nSPS) is 11.3. The van der Waals surface area contributed by atoms with Crippen LogP contribution in [-0.4, -0.2) is 10.5 Å². The van der Waals surface area contributed by atoms with Gasteiger partial charge in [-0.25, -0.2) is 0 Å². The fourth-order valence-corrected chi connectivity index (χ4v) is 2.50. The minimum Gasteiger partial charge on any atom is -0.276 e. The summed E-state index contributed by atoms with van der Waals surface area (Å²) in [6.45, 7) is 0. The Balaban J connectivity index is 2.87. The molecule has 0 saturated carbocycles. The zero-order chi connectivity index (χ0) is 16.5. The molecule has 0 saturated heterocycles. The molecule has 2 rings (SSSR count). The molecule has 2 nitrogen and oxygen atoms in total. The predicted octanol–water partition coefficient (Wildman–Crippen LogP) is 5.13. The SMILES string of the molecule is O=C(Cl)c1c(-c2ccccc2)ccc(C(F)(F)F)c1C(=O)Cl. The van der Waals surface area contributed by atoms with Crippen molar-refractivity contribution in [3.63, 3.8) is 0 Å². The third kappa shape index (κ3) is 3.15. The zero-order valence-corrected chi connectivity index (χ0v) is 12.3. The first kappa shape index (κ1) is 16.5. The Bertz CT molecular complexity index is 740. The van der Waals surface area contributed by atoms with E-state index in [2.05, 4.69) is 0 Å². The molecule has 0 aromatic heterocycles. The molecule has 0 aliphatic heterocycles. The lowest BCUT2D eigenvalue weighted by Crippen LogP contribution is -2.15. The Morgan fingerprint density at radius 3 is 1.82 bits per heavy atom. The highest BCUT2D eigenvalue weighted by atomic mass is 35.5. The lowest BCUT2D eigenvalue weighted by atomic mass is 9.92. The number of hydrogen-bond donors (Lipinski definition) is 0. The van der Waals surface area contributed by atoms with E-state index >= 15 is 0 Å². The smallest absolute Gasteiger partial charge is 0.276 e. The molecule has 0 spiro atoms. The Morgan fingerprint density at radius 2 is 1.36 bits per heavy atom. The fraction of sp³-hybridized carbons (Fsp3) is 0.0667. The summed E-state index contributed by atoms with van der Waals surface area (Å²) < 4.78 is 39.1. The largest absolute Gasteiger partial charge is 0.417 e. The van der Waals surface area contributed by atoms with Crippen LogP contribution in [0, 0.1) is 0 Å². The highest BCUT2D eigenvalue weighted by Gasteiger charge is 2.38. The molecule has 22 heavy (non-hydrogen) atoms. The molecule has 2 aromatic rings. The molecule has 7 heteroatoms. The molecule has 0 heterocycles. The van der Waals surface area contributed by atoms with Crippen molar-refractivity contribution in [1.82, 2.24) is 0 Å². The summed E-state index contributed by atoms with van der Waals surface area (Å²) in [5, 5.41) is -2.58. The molecular formula is C15H7Cl2F3O2. The maximum absolute atomic E-state index is 13.0. The van der Waals surface area contributed by atoms with Crippen LogP contribution in [0.3, 0.4) is 0 Å².